The number of hydrogen-bond acceptors (Lipinski definition) is 5. The van der Waals surface area contributed by atoms with E-state index in [0.29, 0.717) is 42.1 Å². The van der Waals surface area contributed by atoms with Crippen LogP contribution in [0.1, 0.15) is 37.1 Å². The quantitative estimate of drug-likeness (QED) is 0.570. The van der Waals surface area contributed by atoms with Crippen molar-refractivity contribution in [3.05, 3.63) is 71.6 Å². The Bertz CT molecular complexity index is 1120. The van der Waals surface area contributed by atoms with Crippen molar-refractivity contribution >= 4 is 23.3 Å². The molecule has 1 N–H and O–H groups in total. The molecule has 1 unspecified atom stereocenters. The average molecular weight is 474 g/mol. The Morgan fingerprint density at radius 1 is 1.20 bits per heavy atom. The summed E-state index contributed by atoms with van der Waals surface area (Å²) in [6.45, 7) is 4.86. The molecule has 1 aromatic carbocycles. The molecule has 3 rings (SSSR count). The van der Waals surface area contributed by atoms with E-state index in [4.69, 9.17) is 5.26 Å². The van der Waals surface area contributed by atoms with Crippen molar-refractivity contribution < 1.29 is 14.4 Å². The van der Waals surface area contributed by atoms with E-state index in [-0.39, 0.29) is 18.4 Å². The van der Waals surface area contributed by atoms with E-state index in [2.05, 4.69) is 30.2 Å². The van der Waals surface area contributed by atoms with E-state index in [1.54, 1.807) is 47.3 Å². The number of carbonyl (C=O) groups is 3. The topological polar surface area (TPSA) is 106 Å². The van der Waals surface area contributed by atoms with Crippen LogP contribution < -0.4 is 5.32 Å². The molecule has 3 amide bonds. The van der Waals surface area contributed by atoms with Gasteiger partial charge in [0.05, 0.1) is 18.2 Å². The lowest BCUT2D eigenvalue weighted by molar-refractivity contribution is -0.135. The lowest BCUT2D eigenvalue weighted by Gasteiger charge is -2.27. The van der Waals surface area contributed by atoms with E-state index in [0.717, 1.165) is 12.1 Å². The van der Waals surface area contributed by atoms with Crippen molar-refractivity contribution in [1.82, 2.24) is 20.1 Å². The largest absolute Gasteiger partial charge is 0.345 e. The second-order valence-corrected chi connectivity index (χ2v) is 9.01. The van der Waals surface area contributed by atoms with Crippen LogP contribution in [0.2, 0.25) is 0 Å². The third kappa shape index (κ3) is 6.76. The summed E-state index contributed by atoms with van der Waals surface area (Å²) < 4.78 is 0. The van der Waals surface area contributed by atoms with Gasteiger partial charge < -0.3 is 15.1 Å². The SMILES string of the molecule is CC(C)CCN1C(=O)C=C(c2ccc(C#N)cc2)C1C(=O)NCC(=O)N(C)CCc1ccccn1. The number of pyridine rings is 1. The number of hydrogen-bond donors (Lipinski definition) is 1. The second kappa shape index (κ2) is 11.9. The summed E-state index contributed by atoms with van der Waals surface area (Å²) in [5.41, 5.74) is 2.65. The van der Waals surface area contributed by atoms with Crippen molar-refractivity contribution in [1.29, 1.82) is 5.26 Å². The van der Waals surface area contributed by atoms with Crippen LogP contribution in [0.25, 0.3) is 5.57 Å². The van der Waals surface area contributed by atoms with Gasteiger partial charge in [0.2, 0.25) is 17.7 Å². The molecule has 8 nitrogen and oxygen atoms in total. The number of benzene rings is 1. The van der Waals surface area contributed by atoms with Crippen LogP contribution in [0.3, 0.4) is 0 Å². The monoisotopic (exact) mass is 473 g/mol. The van der Waals surface area contributed by atoms with Gasteiger partial charge in [0.15, 0.2) is 0 Å². The van der Waals surface area contributed by atoms with Crippen LogP contribution in [0.15, 0.2) is 54.7 Å². The van der Waals surface area contributed by atoms with Gasteiger partial charge in [0.1, 0.15) is 6.04 Å². The minimum atomic E-state index is -0.833. The molecule has 2 heterocycles. The summed E-state index contributed by atoms with van der Waals surface area (Å²) in [4.78, 5) is 46.1. The van der Waals surface area contributed by atoms with Gasteiger partial charge in [0.25, 0.3) is 0 Å². The van der Waals surface area contributed by atoms with Gasteiger partial charge in [0, 0.05) is 44.5 Å². The van der Waals surface area contributed by atoms with Gasteiger partial charge in [-0.3, -0.25) is 19.4 Å². The molecule has 0 bridgehead atoms. The van der Waals surface area contributed by atoms with Gasteiger partial charge in [-0.1, -0.05) is 32.0 Å². The number of nitrogens with one attached hydrogen (secondary N) is 1. The fraction of sp³-hybridized carbons (Fsp3) is 0.370. The first-order valence-corrected chi connectivity index (χ1v) is 11.7. The van der Waals surface area contributed by atoms with Crippen LogP contribution in [-0.2, 0) is 20.8 Å². The maximum Gasteiger partial charge on any atom is 0.247 e. The summed E-state index contributed by atoms with van der Waals surface area (Å²) in [7, 11) is 1.69. The predicted octanol–water partition coefficient (Wildman–Crippen LogP) is 2.41. The molecule has 1 aliphatic rings. The number of nitriles is 1. The summed E-state index contributed by atoms with van der Waals surface area (Å²) in [6.07, 6.45) is 4.55. The smallest absolute Gasteiger partial charge is 0.247 e. The normalized spacial score (nSPS) is 15.1. The van der Waals surface area contributed by atoms with Crippen molar-refractivity contribution in [2.24, 2.45) is 5.92 Å². The van der Waals surface area contributed by atoms with Crippen molar-refractivity contribution in [2.75, 3.05) is 26.7 Å². The molecule has 1 aromatic heterocycles. The fourth-order valence-electron chi connectivity index (χ4n) is 3.84. The Kier molecular flexibility index (Phi) is 8.74. The Hall–Kier alpha value is -3.99. The number of carbonyl (C=O) groups excluding carboxylic acids is 3. The van der Waals surface area contributed by atoms with Gasteiger partial charge in [-0.2, -0.15) is 5.26 Å². The average Bonchev–Trinajstić information content (AvgIpc) is 3.20. The number of aromatic nitrogens is 1. The molecule has 2 aromatic rings. The summed E-state index contributed by atoms with van der Waals surface area (Å²) in [5, 5.41) is 11.8. The fourth-order valence-corrected chi connectivity index (χ4v) is 3.84. The molecule has 0 saturated carbocycles. The maximum atomic E-state index is 13.3. The highest BCUT2D eigenvalue weighted by atomic mass is 16.2. The molecular weight excluding hydrogens is 442 g/mol. The minimum Gasteiger partial charge on any atom is -0.345 e. The highest BCUT2D eigenvalue weighted by molar-refractivity contribution is 6.11. The van der Waals surface area contributed by atoms with E-state index in [9.17, 15) is 14.4 Å². The van der Waals surface area contributed by atoms with Crippen LogP contribution >= 0.6 is 0 Å². The minimum absolute atomic E-state index is 0.166. The van der Waals surface area contributed by atoms with Gasteiger partial charge >= 0.3 is 0 Å². The first-order chi connectivity index (χ1) is 16.8. The third-order valence-corrected chi connectivity index (χ3v) is 5.98. The van der Waals surface area contributed by atoms with Crippen LogP contribution in [0, 0.1) is 17.2 Å². The lowest BCUT2D eigenvalue weighted by Crippen LogP contribution is -2.49. The molecule has 8 heteroatoms. The van der Waals surface area contributed by atoms with E-state index < -0.39 is 11.9 Å². The van der Waals surface area contributed by atoms with E-state index in [1.807, 2.05) is 18.2 Å². The molecule has 0 radical (unpaired) electrons. The van der Waals surface area contributed by atoms with Crippen LogP contribution in [-0.4, -0.2) is 65.2 Å². The predicted molar refractivity (Wildman–Crippen MR) is 133 cm³/mol. The summed E-state index contributed by atoms with van der Waals surface area (Å²) in [6, 6.07) is 13.7. The highest BCUT2D eigenvalue weighted by Crippen LogP contribution is 2.30. The molecule has 182 valence electrons. The highest BCUT2D eigenvalue weighted by Gasteiger charge is 2.38. The first kappa shape index (κ1) is 25.6. The zero-order chi connectivity index (χ0) is 25.4. The van der Waals surface area contributed by atoms with Gasteiger partial charge in [-0.05, 0) is 47.7 Å². The maximum absolute atomic E-state index is 13.3. The lowest BCUT2D eigenvalue weighted by atomic mass is 9.98. The Morgan fingerprint density at radius 3 is 2.57 bits per heavy atom. The zero-order valence-corrected chi connectivity index (χ0v) is 20.4. The zero-order valence-electron chi connectivity index (χ0n) is 20.4. The van der Waals surface area contributed by atoms with Crippen molar-refractivity contribution in [3.63, 3.8) is 0 Å². The standard InChI is InChI=1S/C27H31N5O3/c1-19(2)11-15-32-24(33)16-23(21-9-7-20(17-28)8-10-21)26(32)27(35)30-18-25(34)31(3)14-12-22-6-4-5-13-29-22/h4-10,13,16,19,26H,11-12,14-15,18H2,1-3H3,(H,30,35). The molecule has 1 aliphatic heterocycles. The first-order valence-electron chi connectivity index (χ1n) is 11.7. The van der Waals surface area contributed by atoms with Gasteiger partial charge in [-0.25, -0.2) is 0 Å². The van der Waals surface area contributed by atoms with Crippen molar-refractivity contribution in [2.45, 2.75) is 32.7 Å². The Labute approximate surface area is 206 Å². The molecule has 0 saturated heterocycles. The van der Waals surface area contributed by atoms with E-state index >= 15 is 0 Å². The Morgan fingerprint density at radius 2 is 1.94 bits per heavy atom. The Balaban J connectivity index is 1.68. The van der Waals surface area contributed by atoms with Crippen LogP contribution in [0.4, 0.5) is 0 Å². The molecule has 0 spiro atoms. The molecular formula is C27H31N5O3. The number of likely N-dealkylation sites (N-methyl/N-ethyl adjacent to an activating group) is 1. The van der Waals surface area contributed by atoms with Crippen molar-refractivity contribution in [3.8, 4) is 6.07 Å². The molecule has 0 aliphatic carbocycles. The molecule has 1 atom stereocenters. The number of nitrogens with zero attached hydrogens (tertiary/aromatic N) is 4. The second-order valence-electron chi connectivity index (χ2n) is 9.01. The van der Waals surface area contributed by atoms with E-state index in [1.165, 1.54) is 6.08 Å². The molecule has 0 fully saturated rings. The third-order valence-electron chi connectivity index (χ3n) is 5.98. The summed E-state index contributed by atoms with van der Waals surface area (Å²) >= 11 is 0. The number of rotatable bonds is 10. The number of amides is 3. The van der Waals surface area contributed by atoms with Gasteiger partial charge in [-0.15, -0.1) is 0 Å². The van der Waals surface area contributed by atoms with Crippen LogP contribution in [0.5, 0.6) is 0 Å². The molecule has 35 heavy (non-hydrogen) atoms. The summed E-state index contributed by atoms with van der Waals surface area (Å²) in [5.74, 6) is -0.498.